The maximum atomic E-state index is 12.8. The van der Waals surface area contributed by atoms with Crippen LogP contribution >= 0.6 is 0 Å². The van der Waals surface area contributed by atoms with Crippen LogP contribution < -0.4 is 0 Å². The minimum atomic E-state index is -0.808. The summed E-state index contributed by atoms with van der Waals surface area (Å²) in [5.41, 5.74) is 0. The average molecular weight is 907 g/mol. The van der Waals surface area contributed by atoms with Gasteiger partial charge < -0.3 is 14.2 Å². The summed E-state index contributed by atoms with van der Waals surface area (Å²) in [7, 11) is 0. The standard InChI is InChI=1S/C59H102O6/c1-4-7-10-13-16-19-22-24-26-28-29-31-32-34-37-40-43-46-49-52-58(61)64-55-56(54-63-57(60)51-48-45-42-39-36-21-18-15-12-9-6-3)65-59(62)53-50-47-44-41-38-35-33-30-27-25-23-20-17-14-11-8-5-2/h15,17-18,20,25,27-29,33,35,41,44,56H,4-14,16,19,21-24,26,30-32,34,36-40,42-43,45-55H2,1-3H3/b18-15-,20-17-,27-25-,29-28-,35-33-,44-41-. The van der Waals surface area contributed by atoms with Gasteiger partial charge in [0.1, 0.15) is 13.2 Å². The molecule has 0 aliphatic heterocycles. The molecule has 0 aromatic rings. The van der Waals surface area contributed by atoms with Gasteiger partial charge in [0, 0.05) is 19.3 Å². The van der Waals surface area contributed by atoms with Crippen LogP contribution in [0.15, 0.2) is 72.9 Å². The fourth-order valence-corrected chi connectivity index (χ4v) is 7.47. The minimum Gasteiger partial charge on any atom is -0.462 e. The fourth-order valence-electron chi connectivity index (χ4n) is 7.47. The lowest BCUT2D eigenvalue weighted by molar-refractivity contribution is -0.167. The largest absolute Gasteiger partial charge is 0.462 e. The normalized spacial score (nSPS) is 12.6. The quantitative estimate of drug-likeness (QED) is 0.0262. The molecule has 1 unspecified atom stereocenters. The van der Waals surface area contributed by atoms with Crippen molar-refractivity contribution in [2.75, 3.05) is 13.2 Å². The van der Waals surface area contributed by atoms with E-state index in [2.05, 4.69) is 93.7 Å². The Morgan fingerprint density at radius 3 is 1.00 bits per heavy atom. The number of esters is 3. The Labute approximate surface area is 402 Å². The highest BCUT2D eigenvalue weighted by Gasteiger charge is 2.19. The molecule has 374 valence electrons. The highest BCUT2D eigenvalue weighted by atomic mass is 16.6. The molecule has 0 aliphatic carbocycles. The molecule has 0 spiro atoms. The molecule has 0 fully saturated rings. The van der Waals surface area contributed by atoms with Crippen LogP contribution in [0.25, 0.3) is 0 Å². The van der Waals surface area contributed by atoms with Gasteiger partial charge in [-0.2, -0.15) is 0 Å². The lowest BCUT2D eigenvalue weighted by atomic mass is 10.1. The summed E-state index contributed by atoms with van der Waals surface area (Å²) >= 11 is 0. The van der Waals surface area contributed by atoms with Crippen molar-refractivity contribution < 1.29 is 28.6 Å². The van der Waals surface area contributed by atoms with Gasteiger partial charge in [-0.25, -0.2) is 0 Å². The van der Waals surface area contributed by atoms with Gasteiger partial charge in [0.05, 0.1) is 0 Å². The number of carbonyl (C=O) groups is 3. The Morgan fingerprint density at radius 2 is 0.585 bits per heavy atom. The Kier molecular flexibility index (Phi) is 50.9. The molecule has 0 radical (unpaired) electrons. The molecule has 0 heterocycles. The lowest BCUT2D eigenvalue weighted by Gasteiger charge is -2.18. The molecule has 0 bridgehead atoms. The number of hydrogen-bond donors (Lipinski definition) is 0. The summed E-state index contributed by atoms with van der Waals surface area (Å²) in [5, 5.41) is 0. The van der Waals surface area contributed by atoms with Gasteiger partial charge in [-0.15, -0.1) is 0 Å². The van der Waals surface area contributed by atoms with E-state index in [-0.39, 0.29) is 37.5 Å². The molecular weight excluding hydrogens is 805 g/mol. The van der Waals surface area contributed by atoms with Gasteiger partial charge in [-0.05, 0) is 103 Å². The number of rotatable bonds is 49. The van der Waals surface area contributed by atoms with Crippen LogP contribution in [0.1, 0.15) is 265 Å². The zero-order valence-corrected chi connectivity index (χ0v) is 42.7. The maximum Gasteiger partial charge on any atom is 0.306 e. The van der Waals surface area contributed by atoms with Crippen molar-refractivity contribution in [2.45, 2.75) is 271 Å². The molecule has 0 rings (SSSR count). The van der Waals surface area contributed by atoms with Crippen LogP contribution in [0, 0.1) is 0 Å². The number of unbranched alkanes of at least 4 members (excludes halogenated alkanes) is 26. The van der Waals surface area contributed by atoms with E-state index in [1.807, 2.05) is 0 Å². The third-order valence-corrected chi connectivity index (χ3v) is 11.7. The number of carbonyl (C=O) groups excluding carboxylic acids is 3. The first kappa shape index (κ1) is 61.9. The molecule has 0 saturated carbocycles. The second kappa shape index (κ2) is 53.5. The predicted molar refractivity (Wildman–Crippen MR) is 279 cm³/mol. The van der Waals surface area contributed by atoms with Crippen LogP contribution in [0.5, 0.6) is 0 Å². The average Bonchev–Trinajstić information content (AvgIpc) is 3.30. The monoisotopic (exact) mass is 907 g/mol. The number of hydrogen-bond acceptors (Lipinski definition) is 6. The van der Waals surface area contributed by atoms with Gasteiger partial charge >= 0.3 is 17.9 Å². The Bertz CT molecular complexity index is 1230. The van der Waals surface area contributed by atoms with Crippen LogP contribution in [-0.4, -0.2) is 37.2 Å². The van der Waals surface area contributed by atoms with Crippen molar-refractivity contribution in [1.82, 2.24) is 0 Å². The summed E-state index contributed by atoms with van der Waals surface area (Å²) in [5.74, 6) is -0.969. The number of ether oxygens (including phenoxy) is 3. The van der Waals surface area contributed by atoms with Crippen molar-refractivity contribution >= 4 is 17.9 Å². The molecule has 0 aliphatic rings. The van der Waals surface area contributed by atoms with E-state index in [0.717, 1.165) is 77.0 Å². The maximum absolute atomic E-state index is 12.8. The molecule has 65 heavy (non-hydrogen) atoms. The molecule has 0 N–H and O–H groups in total. The number of allylic oxidation sites excluding steroid dienone is 12. The molecule has 0 amide bonds. The van der Waals surface area contributed by atoms with E-state index in [1.54, 1.807) is 0 Å². The predicted octanol–water partition coefficient (Wildman–Crippen LogP) is 18.2. The third-order valence-electron chi connectivity index (χ3n) is 11.7. The summed E-state index contributed by atoms with van der Waals surface area (Å²) in [6, 6.07) is 0. The topological polar surface area (TPSA) is 78.9 Å². The Morgan fingerprint density at radius 1 is 0.308 bits per heavy atom. The van der Waals surface area contributed by atoms with Crippen molar-refractivity contribution in [2.24, 2.45) is 0 Å². The molecular formula is C59H102O6. The Hall–Kier alpha value is -3.15. The SMILES string of the molecule is CCCC/C=C\CCCCCCCC(=O)OCC(COC(=O)CCCCCCCCC/C=C\CCCCCCCCCC)OC(=O)CCC/C=C\C/C=C\C/C=C\C/C=C\CCCCC. The summed E-state index contributed by atoms with van der Waals surface area (Å²) < 4.78 is 16.8. The summed E-state index contributed by atoms with van der Waals surface area (Å²) in [6.07, 6.45) is 67.5. The van der Waals surface area contributed by atoms with Crippen LogP contribution in [0.4, 0.5) is 0 Å². The molecule has 0 aromatic carbocycles. The van der Waals surface area contributed by atoms with Crippen LogP contribution in [0.2, 0.25) is 0 Å². The smallest absolute Gasteiger partial charge is 0.306 e. The first-order chi connectivity index (χ1) is 32.0. The second-order valence-electron chi connectivity index (χ2n) is 18.1. The van der Waals surface area contributed by atoms with Crippen molar-refractivity contribution in [3.05, 3.63) is 72.9 Å². The molecule has 6 nitrogen and oxygen atoms in total. The first-order valence-corrected chi connectivity index (χ1v) is 27.4. The summed E-state index contributed by atoms with van der Waals surface area (Å²) in [4.78, 5) is 38.0. The second-order valence-corrected chi connectivity index (χ2v) is 18.1. The zero-order chi connectivity index (χ0) is 47.2. The first-order valence-electron chi connectivity index (χ1n) is 27.4. The van der Waals surface area contributed by atoms with Gasteiger partial charge in [0.25, 0.3) is 0 Å². The highest BCUT2D eigenvalue weighted by molar-refractivity contribution is 5.71. The molecule has 0 saturated heterocycles. The van der Waals surface area contributed by atoms with Crippen molar-refractivity contribution in [3.63, 3.8) is 0 Å². The third kappa shape index (κ3) is 51.7. The Balaban J connectivity index is 4.43. The van der Waals surface area contributed by atoms with E-state index < -0.39 is 6.10 Å². The van der Waals surface area contributed by atoms with Crippen molar-refractivity contribution in [3.8, 4) is 0 Å². The summed E-state index contributed by atoms with van der Waals surface area (Å²) in [6.45, 7) is 6.52. The van der Waals surface area contributed by atoms with Crippen molar-refractivity contribution in [1.29, 1.82) is 0 Å². The van der Waals surface area contributed by atoms with E-state index in [9.17, 15) is 14.4 Å². The fraction of sp³-hybridized carbons (Fsp3) is 0.746. The van der Waals surface area contributed by atoms with Gasteiger partial charge in [0.15, 0.2) is 6.10 Å². The van der Waals surface area contributed by atoms with Gasteiger partial charge in [-0.3, -0.25) is 14.4 Å². The minimum absolute atomic E-state index is 0.102. The van der Waals surface area contributed by atoms with Crippen LogP contribution in [0.3, 0.4) is 0 Å². The highest BCUT2D eigenvalue weighted by Crippen LogP contribution is 2.14. The van der Waals surface area contributed by atoms with E-state index in [0.29, 0.717) is 19.3 Å². The molecule has 0 aromatic heterocycles. The zero-order valence-electron chi connectivity index (χ0n) is 42.7. The van der Waals surface area contributed by atoms with E-state index >= 15 is 0 Å². The van der Waals surface area contributed by atoms with E-state index in [4.69, 9.17) is 14.2 Å². The lowest BCUT2D eigenvalue weighted by Crippen LogP contribution is -2.30. The molecule has 1 atom stereocenters. The molecule has 6 heteroatoms. The van der Waals surface area contributed by atoms with Gasteiger partial charge in [0.2, 0.25) is 0 Å². The van der Waals surface area contributed by atoms with E-state index in [1.165, 1.54) is 141 Å². The van der Waals surface area contributed by atoms with Crippen LogP contribution in [-0.2, 0) is 28.6 Å². The van der Waals surface area contributed by atoms with Gasteiger partial charge in [-0.1, -0.05) is 216 Å².